The zero-order chi connectivity index (χ0) is 17.4. The molecule has 0 unspecified atom stereocenters. The highest BCUT2D eigenvalue weighted by molar-refractivity contribution is 6.27. The predicted molar refractivity (Wildman–Crippen MR) is 83.7 cm³/mol. The van der Waals surface area contributed by atoms with E-state index in [9.17, 15) is 4.39 Å². The number of aliphatic carboxylic acids is 2. The van der Waals surface area contributed by atoms with Crippen molar-refractivity contribution in [3.63, 3.8) is 0 Å². The Hall–Kier alpha value is -1.99. The molecule has 0 atom stereocenters. The fraction of sp³-hybridized carbons (Fsp3) is 0.500. The standard InChI is InChI=1S/C14H21FN2.C2H2O4/c1-12(2)17-9-7-16(8-10-17)11-13-3-5-14(15)6-4-13;3-1(4)2(5)6/h3-6,12H,7-11H2,1-2H3;(H,3,4)(H,5,6). The predicted octanol–water partition coefficient (Wildman–Crippen LogP) is 1.51. The molecule has 0 amide bonds. The number of benzene rings is 1. The summed E-state index contributed by atoms with van der Waals surface area (Å²) in [4.78, 5) is 23.1. The molecule has 128 valence electrons. The van der Waals surface area contributed by atoms with E-state index >= 15 is 0 Å². The molecule has 23 heavy (non-hydrogen) atoms. The molecule has 0 bridgehead atoms. The molecule has 0 aromatic heterocycles. The number of halogens is 1. The molecule has 1 aliphatic rings. The quantitative estimate of drug-likeness (QED) is 0.820. The van der Waals surface area contributed by atoms with E-state index < -0.39 is 11.9 Å². The zero-order valence-electron chi connectivity index (χ0n) is 13.4. The van der Waals surface area contributed by atoms with Crippen LogP contribution in [-0.4, -0.2) is 64.2 Å². The van der Waals surface area contributed by atoms with E-state index in [0.29, 0.717) is 6.04 Å². The molecule has 1 aromatic rings. The van der Waals surface area contributed by atoms with Crippen molar-refractivity contribution < 1.29 is 24.2 Å². The van der Waals surface area contributed by atoms with Crippen LogP contribution in [0.3, 0.4) is 0 Å². The lowest BCUT2D eigenvalue weighted by molar-refractivity contribution is -0.159. The summed E-state index contributed by atoms with van der Waals surface area (Å²) in [5.74, 6) is -3.80. The number of carboxylic acids is 2. The molecule has 1 fully saturated rings. The molecule has 6 nitrogen and oxygen atoms in total. The summed E-state index contributed by atoms with van der Waals surface area (Å²) in [5.41, 5.74) is 1.20. The maximum Gasteiger partial charge on any atom is 0.414 e. The third-order valence-electron chi connectivity index (χ3n) is 3.64. The monoisotopic (exact) mass is 326 g/mol. The molecular formula is C16H23FN2O4. The Balaban J connectivity index is 0.000000379. The van der Waals surface area contributed by atoms with Crippen LogP contribution < -0.4 is 0 Å². The van der Waals surface area contributed by atoms with Gasteiger partial charge in [-0.1, -0.05) is 12.1 Å². The molecule has 1 saturated heterocycles. The van der Waals surface area contributed by atoms with E-state index in [2.05, 4.69) is 23.6 Å². The van der Waals surface area contributed by atoms with Gasteiger partial charge in [-0.3, -0.25) is 9.80 Å². The molecule has 0 saturated carbocycles. The maximum absolute atomic E-state index is 12.8. The van der Waals surface area contributed by atoms with Gasteiger partial charge in [0.25, 0.3) is 0 Å². The van der Waals surface area contributed by atoms with E-state index in [4.69, 9.17) is 19.8 Å². The van der Waals surface area contributed by atoms with Gasteiger partial charge in [0.15, 0.2) is 0 Å². The molecule has 7 heteroatoms. The lowest BCUT2D eigenvalue weighted by atomic mass is 10.2. The van der Waals surface area contributed by atoms with Crippen molar-refractivity contribution in [1.29, 1.82) is 0 Å². The number of piperazine rings is 1. The smallest absolute Gasteiger partial charge is 0.414 e. The van der Waals surface area contributed by atoms with Gasteiger partial charge in [0.1, 0.15) is 5.82 Å². The first kappa shape index (κ1) is 19.1. The number of carboxylic acid groups (broad SMARTS) is 2. The highest BCUT2D eigenvalue weighted by Crippen LogP contribution is 2.11. The molecule has 1 heterocycles. The average molecular weight is 326 g/mol. The van der Waals surface area contributed by atoms with Crippen LogP contribution in [0.1, 0.15) is 19.4 Å². The number of carbonyl (C=O) groups is 2. The SMILES string of the molecule is CC(C)N1CCN(Cc2ccc(F)cc2)CC1.O=C(O)C(=O)O. The first-order valence-electron chi connectivity index (χ1n) is 7.46. The molecule has 1 aromatic carbocycles. The van der Waals surface area contributed by atoms with Crippen LogP contribution in [0.25, 0.3) is 0 Å². The van der Waals surface area contributed by atoms with Gasteiger partial charge in [0, 0.05) is 38.8 Å². The number of hydrogen-bond acceptors (Lipinski definition) is 4. The summed E-state index contributed by atoms with van der Waals surface area (Å²) in [6.07, 6.45) is 0. The zero-order valence-corrected chi connectivity index (χ0v) is 13.4. The first-order chi connectivity index (χ1) is 10.8. The van der Waals surface area contributed by atoms with Crippen LogP contribution in [0.2, 0.25) is 0 Å². The fourth-order valence-electron chi connectivity index (χ4n) is 2.29. The lowest BCUT2D eigenvalue weighted by Crippen LogP contribution is -2.48. The molecule has 1 aliphatic heterocycles. The second-order valence-electron chi connectivity index (χ2n) is 5.64. The van der Waals surface area contributed by atoms with E-state index in [1.54, 1.807) is 12.1 Å². The van der Waals surface area contributed by atoms with Gasteiger partial charge in [-0.05, 0) is 31.5 Å². The Bertz CT molecular complexity index is 499. The maximum atomic E-state index is 12.8. The Labute approximate surface area is 135 Å². The minimum absolute atomic E-state index is 0.154. The van der Waals surface area contributed by atoms with E-state index in [-0.39, 0.29) is 5.82 Å². The van der Waals surface area contributed by atoms with Gasteiger partial charge in [-0.25, -0.2) is 14.0 Å². The Kier molecular flexibility index (Phi) is 7.64. The summed E-state index contributed by atoms with van der Waals surface area (Å²) in [6.45, 7) is 9.92. The van der Waals surface area contributed by atoms with Crippen LogP contribution in [0.15, 0.2) is 24.3 Å². The fourth-order valence-corrected chi connectivity index (χ4v) is 2.29. The second-order valence-corrected chi connectivity index (χ2v) is 5.64. The molecule has 2 N–H and O–H groups in total. The third-order valence-corrected chi connectivity index (χ3v) is 3.64. The van der Waals surface area contributed by atoms with Crippen LogP contribution in [0.5, 0.6) is 0 Å². The second kappa shape index (κ2) is 9.22. The average Bonchev–Trinajstić information content (AvgIpc) is 2.50. The highest BCUT2D eigenvalue weighted by atomic mass is 19.1. The van der Waals surface area contributed by atoms with Crippen molar-refractivity contribution in [2.75, 3.05) is 26.2 Å². The summed E-state index contributed by atoms with van der Waals surface area (Å²) in [5, 5.41) is 14.8. The van der Waals surface area contributed by atoms with Gasteiger partial charge in [-0.15, -0.1) is 0 Å². The molecule has 2 rings (SSSR count). The van der Waals surface area contributed by atoms with Crippen molar-refractivity contribution in [2.24, 2.45) is 0 Å². The topological polar surface area (TPSA) is 81.1 Å². The van der Waals surface area contributed by atoms with Crippen LogP contribution >= 0.6 is 0 Å². The minimum Gasteiger partial charge on any atom is -0.473 e. The van der Waals surface area contributed by atoms with Crippen molar-refractivity contribution in [3.05, 3.63) is 35.6 Å². The van der Waals surface area contributed by atoms with E-state index in [0.717, 1.165) is 32.7 Å². The summed E-state index contributed by atoms with van der Waals surface area (Å²) in [7, 11) is 0. The highest BCUT2D eigenvalue weighted by Gasteiger charge is 2.18. The lowest BCUT2D eigenvalue weighted by Gasteiger charge is -2.36. The number of nitrogens with zero attached hydrogens (tertiary/aromatic N) is 2. The number of hydrogen-bond donors (Lipinski definition) is 2. The largest absolute Gasteiger partial charge is 0.473 e. The normalized spacial score (nSPS) is 15.8. The van der Waals surface area contributed by atoms with Gasteiger partial charge in [0.2, 0.25) is 0 Å². The first-order valence-corrected chi connectivity index (χ1v) is 7.46. The van der Waals surface area contributed by atoms with E-state index in [1.165, 1.54) is 5.56 Å². The molecule has 0 spiro atoms. The Morgan fingerprint density at radius 1 is 1.04 bits per heavy atom. The van der Waals surface area contributed by atoms with Crippen LogP contribution in [0.4, 0.5) is 4.39 Å². The molecular weight excluding hydrogens is 303 g/mol. The van der Waals surface area contributed by atoms with Crippen molar-refractivity contribution in [2.45, 2.75) is 26.4 Å². The van der Waals surface area contributed by atoms with Gasteiger partial charge in [0.05, 0.1) is 0 Å². The summed E-state index contributed by atoms with van der Waals surface area (Å²) < 4.78 is 12.8. The van der Waals surface area contributed by atoms with Crippen molar-refractivity contribution in [1.82, 2.24) is 9.80 Å². The summed E-state index contributed by atoms with van der Waals surface area (Å²) >= 11 is 0. The molecule has 0 radical (unpaired) electrons. The summed E-state index contributed by atoms with van der Waals surface area (Å²) in [6, 6.07) is 7.48. The van der Waals surface area contributed by atoms with Gasteiger partial charge in [-0.2, -0.15) is 0 Å². The van der Waals surface area contributed by atoms with Crippen molar-refractivity contribution in [3.8, 4) is 0 Å². The molecule has 0 aliphatic carbocycles. The Morgan fingerprint density at radius 2 is 1.52 bits per heavy atom. The van der Waals surface area contributed by atoms with Gasteiger partial charge < -0.3 is 10.2 Å². The minimum atomic E-state index is -1.82. The van der Waals surface area contributed by atoms with E-state index in [1.807, 2.05) is 12.1 Å². The van der Waals surface area contributed by atoms with Crippen LogP contribution in [0, 0.1) is 5.82 Å². The van der Waals surface area contributed by atoms with Crippen molar-refractivity contribution >= 4 is 11.9 Å². The number of rotatable bonds is 3. The van der Waals surface area contributed by atoms with Gasteiger partial charge >= 0.3 is 11.9 Å². The Morgan fingerprint density at radius 3 is 1.91 bits per heavy atom. The van der Waals surface area contributed by atoms with Crippen LogP contribution in [-0.2, 0) is 16.1 Å². The third kappa shape index (κ3) is 7.21.